The molecule has 2 rings (SSSR count). The van der Waals surface area contributed by atoms with Crippen molar-refractivity contribution in [1.29, 1.82) is 0 Å². The minimum Gasteiger partial charge on any atom is -0.480 e. The molecule has 1 fully saturated rings. The van der Waals surface area contributed by atoms with Crippen LogP contribution in [0.5, 0.6) is 0 Å². The second-order valence-corrected chi connectivity index (χ2v) is 6.22. The van der Waals surface area contributed by atoms with E-state index in [4.69, 9.17) is 0 Å². The second kappa shape index (κ2) is 5.92. The van der Waals surface area contributed by atoms with Gasteiger partial charge in [-0.15, -0.1) is 11.8 Å². The van der Waals surface area contributed by atoms with Gasteiger partial charge in [0.2, 0.25) is 0 Å². The van der Waals surface area contributed by atoms with E-state index in [2.05, 4.69) is 5.32 Å². The topological polar surface area (TPSA) is 49.3 Å². The molecule has 104 valence electrons. The van der Waals surface area contributed by atoms with E-state index in [0.29, 0.717) is 23.1 Å². The van der Waals surface area contributed by atoms with Gasteiger partial charge in [-0.3, -0.25) is 10.1 Å². The number of halogens is 1. The third-order valence-electron chi connectivity index (χ3n) is 3.27. The molecule has 1 aromatic carbocycles. The molecule has 0 radical (unpaired) electrons. The van der Waals surface area contributed by atoms with Crippen LogP contribution < -0.4 is 5.32 Å². The zero-order valence-corrected chi connectivity index (χ0v) is 11.7. The van der Waals surface area contributed by atoms with Crippen molar-refractivity contribution >= 4 is 17.7 Å². The van der Waals surface area contributed by atoms with Crippen LogP contribution in [-0.4, -0.2) is 28.4 Å². The molecule has 19 heavy (non-hydrogen) atoms. The van der Waals surface area contributed by atoms with Crippen LogP contribution in [0.1, 0.15) is 26.2 Å². The summed E-state index contributed by atoms with van der Waals surface area (Å²) >= 11 is 1.36. The summed E-state index contributed by atoms with van der Waals surface area (Å²) in [5, 5.41) is 12.5. The van der Waals surface area contributed by atoms with E-state index < -0.39 is 11.5 Å². The third kappa shape index (κ3) is 3.94. The number of carbonyl (C=O) groups is 1. The second-order valence-electron chi connectivity index (χ2n) is 5.08. The maximum Gasteiger partial charge on any atom is 0.323 e. The Bertz CT molecular complexity index is 465. The molecule has 0 heterocycles. The fraction of sp³-hybridized carbons (Fsp3) is 0.500. The van der Waals surface area contributed by atoms with Crippen LogP contribution >= 0.6 is 11.8 Å². The number of nitrogens with one attached hydrogen (secondary N) is 1. The van der Waals surface area contributed by atoms with Crippen LogP contribution in [0.3, 0.4) is 0 Å². The van der Waals surface area contributed by atoms with Gasteiger partial charge in [0.25, 0.3) is 0 Å². The van der Waals surface area contributed by atoms with Gasteiger partial charge in [-0.25, -0.2) is 4.39 Å². The number of hydrogen-bond acceptors (Lipinski definition) is 3. The molecule has 0 saturated heterocycles. The first-order valence-corrected chi connectivity index (χ1v) is 7.38. The molecule has 1 aliphatic rings. The lowest BCUT2D eigenvalue weighted by Gasteiger charge is -2.26. The zero-order chi connectivity index (χ0) is 13.9. The molecule has 1 aromatic rings. The van der Waals surface area contributed by atoms with Crippen molar-refractivity contribution in [1.82, 2.24) is 5.32 Å². The Hall–Kier alpha value is -1.07. The lowest BCUT2D eigenvalue weighted by molar-refractivity contribution is -0.144. The minimum absolute atomic E-state index is 0.250. The summed E-state index contributed by atoms with van der Waals surface area (Å²) in [6, 6.07) is 6.90. The number of hydrogen-bond donors (Lipinski definition) is 2. The fourth-order valence-corrected chi connectivity index (χ4v) is 2.96. The van der Waals surface area contributed by atoms with E-state index in [1.54, 1.807) is 25.1 Å². The Labute approximate surface area is 116 Å². The molecule has 0 amide bonds. The largest absolute Gasteiger partial charge is 0.480 e. The van der Waals surface area contributed by atoms with Gasteiger partial charge in [0, 0.05) is 16.7 Å². The van der Waals surface area contributed by atoms with Crippen LogP contribution in [0.15, 0.2) is 29.2 Å². The Morgan fingerprint density at radius 2 is 2.21 bits per heavy atom. The number of carboxylic acids is 1. The normalized spacial score (nSPS) is 18.0. The maximum absolute atomic E-state index is 13.4. The van der Waals surface area contributed by atoms with Crippen LogP contribution in [-0.2, 0) is 4.79 Å². The predicted molar refractivity (Wildman–Crippen MR) is 73.9 cm³/mol. The molecule has 3 nitrogen and oxygen atoms in total. The van der Waals surface area contributed by atoms with E-state index >= 15 is 0 Å². The Morgan fingerprint density at radius 3 is 2.79 bits per heavy atom. The predicted octanol–water partition coefficient (Wildman–Crippen LogP) is 2.90. The zero-order valence-electron chi connectivity index (χ0n) is 10.9. The average Bonchev–Trinajstić information content (AvgIpc) is 3.15. The van der Waals surface area contributed by atoms with Crippen molar-refractivity contribution in [2.75, 3.05) is 5.75 Å². The molecule has 5 heteroatoms. The smallest absolute Gasteiger partial charge is 0.323 e. The molecule has 0 spiro atoms. The quantitative estimate of drug-likeness (QED) is 0.755. The van der Waals surface area contributed by atoms with E-state index in [1.807, 2.05) is 0 Å². The standard InChI is InChI=1S/C14H18FNO2S/c1-14(13(17)18,16-10-6-7-10)8-9-19-12-5-3-2-4-11(12)15/h2-5,10,16H,6-9H2,1H3,(H,17,18). The fourth-order valence-electron chi connectivity index (χ4n) is 1.85. The maximum atomic E-state index is 13.4. The van der Waals surface area contributed by atoms with Gasteiger partial charge in [0.1, 0.15) is 11.4 Å². The van der Waals surface area contributed by atoms with Crippen molar-refractivity contribution in [2.24, 2.45) is 0 Å². The van der Waals surface area contributed by atoms with Crippen LogP contribution in [0.4, 0.5) is 4.39 Å². The summed E-state index contributed by atoms with van der Waals surface area (Å²) in [5.74, 6) is -0.517. The molecule has 1 atom stereocenters. The minimum atomic E-state index is -0.917. The molecule has 0 bridgehead atoms. The van der Waals surface area contributed by atoms with Gasteiger partial charge in [0.05, 0.1) is 0 Å². The first-order valence-electron chi connectivity index (χ1n) is 6.40. The highest BCUT2D eigenvalue weighted by atomic mass is 32.2. The van der Waals surface area contributed by atoms with Crippen molar-refractivity contribution in [3.05, 3.63) is 30.1 Å². The number of carboxylic acid groups (broad SMARTS) is 1. The highest BCUT2D eigenvalue weighted by molar-refractivity contribution is 7.99. The van der Waals surface area contributed by atoms with Crippen LogP contribution in [0, 0.1) is 5.82 Å². The summed E-state index contributed by atoms with van der Waals surface area (Å²) in [6.07, 6.45) is 2.56. The molecular weight excluding hydrogens is 265 g/mol. The van der Waals surface area contributed by atoms with E-state index in [0.717, 1.165) is 12.8 Å². The number of aliphatic carboxylic acids is 1. The van der Waals surface area contributed by atoms with Gasteiger partial charge in [-0.05, 0) is 38.3 Å². The van der Waals surface area contributed by atoms with Gasteiger partial charge < -0.3 is 5.11 Å². The SMILES string of the molecule is CC(CCSc1ccccc1F)(NC1CC1)C(=O)O. The highest BCUT2D eigenvalue weighted by Crippen LogP contribution is 2.28. The van der Waals surface area contributed by atoms with Gasteiger partial charge >= 0.3 is 5.97 Å². The lowest BCUT2D eigenvalue weighted by atomic mass is 9.99. The Kier molecular flexibility index (Phi) is 4.47. The number of rotatable bonds is 7. The van der Waals surface area contributed by atoms with Gasteiger partial charge in [-0.1, -0.05) is 12.1 Å². The van der Waals surface area contributed by atoms with Crippen LogP contribution in [0.25, 0.3) is 0 Å². The molecular formula is C14H18FNO2S. The molecule has 0 aliphatic heterocycles. The highest BCUT2D eigenvalue weighted by Gasteiger charge is 2.38. The van der Waals surface area contributed by atoms with E-state index in [-0.39, 0.29) is 5.82 Å². The average molecular weight is 283 g/mol. The molecule has 0 aromatic heterocycles. The first kappa shape index (κ1) is 14.3. The van der Waals surface area contributed by atoms with Crippen molar-refractivity contribution < 1.29 is 14.3 Å². The van der Waals surface area contributed by atoms with Gasteiger partial charge in [0.15, 0.2) is 0 Å². The van der Waals surface area contributed by atoms with Crippen LogP contribution in [0.2, 0.25) is 0 Å². The summed E-state index contributed by atoms with van der Waals surface area (Å²) in [6.45, 7) is 1.70. The first-order chi connectivity index (χ1) is 9.01. The summed E-state index contributed by atoms with van der Waals surface area (Å²) < 4.78 is 13.4. The molecule has 1 unspecified atom stereocenters. The van der Waals surface area contributed by atoms with Crippen molar-refractivity contribution in [3.8, 4) is 0 Å². The third-order valence-corrected chi connectivity index (χ3v) is 4.32. The van der Waals surface area contributed by atoms with E-state index in [1.165, 1.54) is 17.8 Å². The number of thioether (sulfide) groups is 1. The van der Waals surface area contributed by atoms with Crippen molar-refractivity contribution in [2.45, 2.75) is 42.7 Å². The summed E-state index contributed by atoms with van der Waals surface area (Å²) in [5.41, 5.74) is -0.917. The molecule has 2 N–H and O–H groups in total. The van der Waals surface area contributed by atoms with Crippen molar-refractivity contribution in [3.63, 3.8) is 0 Å². The van der Waals surface area contributed by atoms with E-state index in [9.17, 15) is 14.3 Å². The Morgan fingerprint density at radius 1 is 1.53 bits per heavy atom. The molecule has 1 saturated carbocycles. The summed E-state index contributed by atoms with van der Waals surface area (Å²) in [7, 11) is 0. The Balaban J connectivity index is 1.88. The lowest BCUT2D eigenvalue weighted by Crippen LogP contribution is -2.50. The molecule has 1 aliphatic carbocycles. The van der Waals surface area contributed by atoms with Gasteiger partial charge in [-0.2, -0.15) is 0 Å². The number of benzene rings is 1. The monoisotopic (exact) mass is 283 g/mol. The summed E-state index contributed by atoms with van der Waals surface area (Å²) in [4.78, 5) is 11.9.